The molecule has 12 heavy (non-hydrogen) atoms. The zero-order valence-corrected chi connectivity index (χ0v) is 8.76. The van der Waals surface area contributed by atoms with Crippen LogP contribution in [0.15, 0.2) is 16.6 Å². The topological polar surface area (TPSA) is 12.4 Å². The summed E-state index contributed by atoms with van der Waals surface area (Å²) in [5.74, 6) is 0.586. The molecular formula is C11H19N. The molecule has 0 aliphatic carbocycles. The summed E-state index contributed by atoms with van der Waals surface area (Å²) in [6.07, 6.45) is 4.32. The average Bonchev–Trinajstić information content (AvgIpc) is 1.92. The van der Waals surface area contributed by atoms with E-state index in [2.05, 4.69) is 45.7 Å². The smallest absolute Gasteiger partial charge is 0.0539 e. The van der Waals surface area contributed by atoms with Gasteiger partial charge in [-0.15, -0.1) is 0 Å². The number of aliphatic imine (C=N–C) groups is 1. The van der Waals surface area contributed by atoms with E-state index >= 15 is 0 Å². The van der Waals surface area contributed by atoms with E-state index in [-0.39, 0.29) is 0 Å². The van der Waals surface area contributed by atoms with Crippen LogP contribution in [-0.4, -0.2) is 12.3 Å². The molecule has 0 radical (unpaired) electrons. The number of rotatable bonds is 0. The van der Waals surface area contributed by atoms with Crippen LogP contribution in [0.1, 0.15) is 34.6 Å². The number of nitrogens with zero attached hydrogens (tertiary/aromatic N) is 1. The van der Waals surface area contributed by atoms with Crippen molar-refractivity contribution in [2.75, 3.05) is 0 Å². The lowest BCUT2D eigenvalue weighted by Gasteiger charge is -2.33. The normalized spacial score (nSPS) is 30.2. The first kappa shape index (κ1) is 9.50. The van der Waals surface area contributed by atoms with Crippen LogP contribution < -0.4 is 0 Å². The molecule has 68 valence electrons. The molecule has 1 aliphatic rings. The van der Waals surface area contributed by atoms with E-state index in [0.29, 0.717) is 17.4 Å². The Balaban J connectivity index is 2.85. The van der Waals surface area contributed by atoms with Gasteiger partial charge >= 0.3 is 0 Å². The molecule has 1 heterocycles. The Morgan fingerprint density at radius 3 is 2.33 bits per heavy atom. The quantitative estimate of drug-likeness (QED) is 0.523. The van der Waals surface area contributed by atoms with Gasteiger partial charge in [0.15, 0.2) is 0 Å². The first-order valence-corrected chi connectivity index (χ1v) is 4.63. The van der Waals surface area contributed by atoms with Gasteiger partial charge < -0.3 is 0 Å². The Hall–Kier alpha value is -0.590. The Morgan fingerprint density at radius 2 is 1.92 bits per heavy atom. The van der Waals surface area contributed by atoms with Crippen LogP contribution in [0.2, 0.25) is 0 Å². The van der Waals surface area contributed by atoms with Crippen molar-refractivity contribution < 1.29 is 0 Å². The van der Waals surface area contributed by atoms with Crippen molar-refractivity contribution in [3.8, 4) is 0 Å². The highest BCUT2D eigenvalue weighted by Gasteiger charge is 2.28. The van der Waals surface area contributed by atoms with E-state index in [1.807, 2.05) is 6.21 Å². The van der Waals surface area contributed by atoms with Gasteiger partial charge in [0.2, 0.25) is 0 Å². The molecule has 0 aromatic carbocycles. The SMILES string of the molecule is CC1=CC(C(C)(C)C)C(C)N=C1. The minimum atomic E-state index is 0.332. The summed E-state index contributed by atoms with van der Waals surface area (Å²) >= 11 is 0. The molecule has 0 saturated carbocycles. The standard InChI is InChI=1S/C11H19N/c1-8-6-10(11(3,4)5)9(2)12-7-8/h6-7,9-10H,1-5H3. The summed E-state index contributed by atoms with van der Waals surface area (Å²) in [5, 5.41) is 0. The molecule has 0 N–H and O–H groups in total. The lowest BCUT2D eigenvalue weighted by Crippen LogP contribution is -2.29. The average molecular weight is 165 g/mol. The highest BCUT2D eigenvalue weighted by molar-refractivity contribution is 5.78. The van der Waals surface area contributed by atoms with E-state index in [1.165, 1.54) is 5.57 Å². The van der Waals surface area contributed by atoms with Crippen molar-refractivity contribution in [3.05, 3.63) is 11.6 Å². The molecule has 1 heteroatoms. The Bertz CT molecular complexity index is 218. The van der Waals surface area contributed by atoms with Gasteiger partial charge in [-0.1, -0.05) is 26.8 Å². The van der Waals surface area contributed by atoms with Gasteiger partial charge in [0.1, 0.15) is 0 Å². The summed E-state index contributed by atoms with van der Waals surface area (Å²) in [5.41, 5.74) is 1.63. The molecule has 1 nitrogen and oxygen atoms in total. The van der Waals surface area contributed by atoms with Crippen LogP contribution in [0.5, 0.6) is 0 Å². The fraction of sp³-hybridized carbons (Fsp3) is 0.727. The second-order valence-corrected chi connectivity index (χ2v) is 4.82. The second-order valence-electron chi connectivity index (χ2n) is 4.82. The summed E-state index contributed by atoms with van der Waals surface area (Å²) in [6.45, 7) is 11.1. The van der Waals surface area contributed by atoms with Crippen molar-refractivity contribution in [2.45, 2.75) is 40.7 Å². The van der Waals surface area contributed by atoms with Crippen molar-refractivity contribution in [3.63, 3.8) is 0 Å². The summed E-state index contributed by atoms with van der Waals surface area (Å²) in [6, 6.07) is 0.439. The predicted octanol–water partition coefficient (Wildman–Crippen LogP) is 3.07. The first-order chi connectivity index (χ1) is 5.41. The molecule has 2 unspecified atom stereocenters. The van der Waals surface area contributed by atoms with Crippen LogP contribution in [0, 0.1) is 11.3 Å². The first-order valence-electron chi connectivity index (χ1n) is 4.63. The fourth-order valence-corrected chi connectivity index (χ4v) is 1.77. The largest absolute Gasteiger partial charge is 0.289 e. The van der Waals surface area contributed by atoms with E-state index in [4.69, 9.17) is 0 Å². The maximum absolute atomic E-state index is 4.47. The van der Waals surface area contributed by atoms with Crippen LogP contribution in [0.4, 0.5) is 0 Å². The van der Waals surface area contributed by atoms with Gasteiger partial charge in [0.25, 0.3) is 0 Å². The number of dihydropyridines is 1. The van der Waals surface area contributed by atoms with Crippen molar-refractivity contribution in [2.24, 2.45) is 16.3 Å². The zero-order chi connectivity index (χ0) is 9.35. The summed E-state index contributed by atoms with van der Waals surface area (Å²) in [4.78, 5) is 4.47. The molecule has 0 fully saturated rings. The molecule has 0 aromatic rings. The molecule has 1 rings (SSSR count). The molecular weight excluding hydrogens is 146 g/mol. The minimum absolute atomic E-state index is 0.332. The third-order valence-corrected chi connectivity index (χ3v) is 2.48. The second kappa shape index (κ2) is 3.04. The zero-order valence-electron chi connectivity index (χ0n) is 8.76. The van der Waals surface area contributed by atoms with Gasteiger partial charge in [-0.05, 0) is 24.8 Å². The molecule has 0 amide bonds. The van der Waals surface area contributed by atoms with Crippen molar-refractivity contribution >= 4 is 6.21 Å². The fourth-order valence-electron chi connectivity index (χ4n) is 1.77. The third-order valence-electron chi connectivity index (χ3n) is 2.48. The third kappa shape index (κ3) is 1.96. The molecule has 1 aliphatic heterocycles. The van der Waals surface area contributed by atoms with E-state index in [0.717, 1.165) is 0 Å². The van der Waals surface area contributed by atoms with Gasteiger partial charge in [-0.3, -0.25) is 4.99 Å². The number of hydrogen-bond acceptors (Lipinski definition) is 1. The minimum Gasteiger partial charge on any atom is -0.289 e. The number of hydrogen-bond donors (Lipinski definition) is 0. The number of allylic oxidation sites excluding steroid dienone is 1. The molecule has 0 saturated heterocycles. The van der Waals surface area contributed by atoms with E-state index < -0.39 is 0 Å². The van der Waals surface area contributed by atoms with Gasteiger partial charge in [0, 0.05) is 12.1 Å². The lowest BCUT2D eigenvalue weighted by molar-refractivity contribution is 0.259. The van der Waals surface area contributed by atoms with Crippen LogP contribution in [-0.2, 0) is 0 Å². The summed E-state index contributed by atoms with van der Waals surface area (Å²) in [7, 11) is 0. The van der Waals surface area contributed by atoms with Crippen LogP contribution >= 0.6 is 0 Å². The molecule has 0 spiro atoms. The Morgan fingerprint density at radius 1 is 1.33 bits per heavy atom. The molecule has 0 aromatic heterocycles. The van der Waals surface area contributed by atoms with Crippen molar-refractivity contribution in [1.29, 1.82) is 0 Å². The van der Waals surface area contributed by atoms with Gasteiger partial charge in [0.05, 0.1) is 6.04 Å². The highest BCUT2D eigenvalue weighted by Crippen LogP contribution is 2.33. The summed E-state index contributed by atoms with van der Waals surface area (Å²) < 4.78 is 0. The Labute approximate surface area is 75.6 Å². The maximum atomic E-state index is 4.47. The van der Waals surface area contributed by atoms with E-state index in [9.17, 15) is 0 Å². The van der Waals surface area contributed by atoms with Crippen molar-refractivity contribution in [1.82, 2.24) is 0 Å². The van der Waals surface area contributed by atoms with Crippen LogP contribution in [0.25, 0.3) is 0 Å². The maximum Gasteiger partial charge on any atom is 0.0539 e. The van der Waals surface area contributed by atoms with Gasteiger partial charge in [-0.2, -0.15) is 0 Å². The molecule has 2 atom stereocenters. The van der Waals surface area contributed by atoms with Gasteiger partial charge in [-0.25, -0.2) is 0 Å². The van der Waals surface area contributed by atoms with Crippen LogP contribution in [0.3, 0.4) is 0 Å². The predicted molar refractivity (Wildman–Crippen MR) is 54.7 cm³/mol. The highest BCUT2D eigenvalue weighted by atomic mass is 14.8. The Kier molecular flexibility index (Phi) is 2.41. The lowest BCUT2D eigenvalue weighted by atomic mass is 9.75. The monoisotopic (exact) mass is 165 g/mol. The molecule has 0 bridgehead atoms. The van der Waals surface area contributed by atoms with E-state index in [1.54, 1.807) is 0 Å².